The molecule has 1 aliphatic rings. The van der Waals surface area contributed by atoms with Crippen LogP contribution in [0.25, 0.3) is 0 Å². The molecule has 2 aromatic rings. The smallest absolute Gasteiger partial charge is 0.255 e. The molecule has 3 rings (SSSR count). The molecule has 1 N–H and O–H groups in total. The van der Waals surface area contributed by atoms with Crippen LogP contribution in [0.4, 0.5) is 0 Å². The Balaban J connectivity index is 1.54. The average Bonchev–Trinajstić information content (AvgIpc) is 3.17. The summed E-state index contributed by atoms with van der Waals surface area (Å²) in [7, 11) is 1.77. The number of aryl methyl sites for hydroxylation is 1. The number of carbonyl (C=O) groups excluding carboxylic acids is 2. The zero-order chi connectivity index (χ0) is 17.8. The van der Waals surface area contributed by atoms with Crippen LogP contribution >= 0.6 is 11.8 Å². The summed E-state index contributed by atoms with van der Waals surface area (Å²) in [6.45, 7) is 2.89. The SMILES string of the molecule is CC[C@H](C(=O)NCCSc1nnnn1C)N1Cc2ccccc2C1=O. The topological polar surface area (TPSA) is 93.0 Å². The third-order valence-corrected chi connectivity index (χ3v) is 5.14. The first-order valence-electron chi connectivity index (χ1n) is 8.13. The molecular formula is C16H20N6O2S. The molecule has 25 heavy (non-hydrogen) atoms. The van der Waals surface area contributed by atoms with E-state index in [0.717, 1.165) is 5.56 Å². The zero-order valence-electron chi connectivity index (χ0n) is 14.2. The number of aromatic nitrogens is 4. The third kappa shape index (κ3) is 3.65. The molecule has 0 fully saturated rings. The molecule has 0 radical (unpaired) electrons. The fraction of sp³-hybridized carbons (Fsp3) is 0.438. The summed E-state index contributed by atoms with van der Waals surface area (Å²) in [6, 6.07) is 7.05. The van der Waals surface area contributed by atoms with Crippen molar-refractivity contribution in [1.82, 2.24) is 30.4 Å². The van der Waals surface area contributed by atoms with Gasteiger partial charge in [0.05, 0.1) is 0 Å². The van der Waals surface area contributed by atoms with Crippen LogP contribution in [0.15, 0.2) is 29.4 Å². The van der Waals surface area contributed by atoms with Gasteiger partial charge in [0, 0.05) is 31.5 Å². The lowest BCUT2D eigenvalue weighted by Crippen LogP contribution is -2.47. The second-order valence-electron chi connectivity index (χ2n) is 5.74. The summed E-state index contributed by atoms with van der Waals surface area (Å²) in [5, 5.41) is 14.8. The first-order chi connectivity index (χ1) is 12.1. The maximum absolute atomic E-state index is 12.5. The summed E-state index contributed by atoms with van der Waals surface area (Å²) in [6.07, 6.45) is 0.575. The molecule has 2 heterocycles. The van der Waals surface area contributed by atoms with Crippen molar-refractivity contribution in [3.63, 3.8) is 0 Å². The molecule has 1 aliphatic heterocycles. The van der Waals surface area contributed by atoms with Crippen molar-refractivity contribution < 1.29 is 9.59 Å². The van der Waals surface area contributed by atoms with Gasteiger partial charge in [0.2, 0.25) is 11.1 Å². The number of fused-ring (bicyclic) bond motifs is 1. The Labute approximate surface area is 150 Å². The Hall–Kier alpha value is -2.42. The van der Waals surface area contributed by atoms with Gasteiger partial charge in [-0.05, 0) is 28.5 Å². The lowest BCUT2D eigenvalue weighted by Gasteiger charge is -2.25. The fourth-order valence-electron chi connectivity index (χ4n) is 2.85. The standard InChI is InChI=1S/C16H20N6O2S/c1-3-13(22-10-11-6-4-5-7-12(11)15(22)24)14(23)17-8-9-25-16-18-19-20-21(16)2/h4-7,13H,3,8-10H2,1-2H3,(H,17,23)/t13-/m1/s1. The quantitative estimate of drug-likeness (QED) is 0.581. The van der Waals surface area contributed by atoms with Gasteiger partial charge in [0.25, 0.3) is 5.91 Å². The number of thioether (sulfide) groups is 1. The molecular weight excluding hydrogens is 340 g/mol. The molecule has 2 amide bonds. The number of benzene rings is 1. The number of hydrogen-bond acceptors (Lipinski definition) is 6. The van der Waals surface area contributed by atoms with Gasteiger partial charge in [-0.3, -0.25) is 9.59 Å². The number of hydrogen-bond donors (Lipinski definition) is 1. The van der Waals surface area contributed by atoms with Crippen LogP contribution in [0.3, 0.4) is 0 Å². The van der Waals surface area contributed by atoms with Gasteiger partial charge in [-0.2, -0.15) is 0 Å². The number of carbonyl (C=O) groups is 2. The monoisotopic (exact) mass is 360 g/mol. The van der Waals surface area contributed by atoms with Crippen LogP contribution in [-0.2, 0) is 18.4 Å². The van der Waals surface area contributed by atoms with Gasteiger partial charge in [0.15, 0.2) is 0 Å². The summed E-state index contributed by atoms with van der Waals surface area (Å²) in [4.78, 5) is 26.7. The molecule has 0 spiro atoms. The maximum atomic E-state index is 12.5. The predicted octanol–water partition coefficient (Wildman–Crippen LogP) is 0.853. The number of nitrogens with zero attached hydrogens (tertiary/aromatic N) is 5. The molecule has 1 aromatic heterocycles. The van der Waals surface area contributed by atoms with E-state index >= 15 is 0 Å². The van der Waals surface area contributed by atoms with Crippen LogP contribution in [-0.4, -0.2) is 55.3 Å². The molecule has 1 atom stereocenters. The Morgan fingerprint density at radius 2 is 2.20 bits per heavy atom. The highest BCUT2D eigenvalue weighted by Crippen LogP contribution is 2.25. The summed E-state index contributed by atoms with van der Waals surface area (Å²) >= 11 is 1.47. The largest absolute Gasteiger partial charge is 0.353 e. The average molecular weight is 360 g/mol. The first kappa shape index (κ1) is 17.4. The van der Waals surface area contributed by atoms with E-state index in [2.05, 4.69) is 20.8 Å². The first-order valence-corrected chi connectivity index (χ1v) is 9.12. The van der Waals surface area contributed by atoms with Gasteiger partial charge in [-0.15, -0.1) is 5.10 Å². The summed E-state index contributed by atoms with van der Waals surface area (Å²) < 4.78 is 1.58. The highest BCUT2D eigenvalue weighted by molar-refractivity contribution is 7.99. The van der Waals surface area contributed by atoms with E-state index < -0.39 is 6.04 Å². The minimum absolute atomic E-state index is 0.0721. The minimum Gasteiger partial charge on any atom is -0.353 e. The molecule has 0 bridgehead atoms. The molecule has 132 valence electrons. The Morgan fingerprint density at radius 3 is 2.88 bits per heavy atom. The normalized spacial score (nSPS) is 14.5. The van der Waals surface area contributed by atoms with Crippen molar-refractivity contribution in [3.05, 3.63) is 35.4 Å². The van der Waals surface area contributed by atoms with Crippen LogP contribution in [0.1, 0.15) is 29.3 Å². The highest BCUT2D eigenvalue weighted by Gasteiger charge is 2.34. The van der Waals surface area contributed by atoms with E-state index in [-0.39, 0.29) is 11.8 Å². The van der Waals surface area contributed by atoms with E-state index in [0.29, 0.717) is 36.0 Å². The predicted molar refractivity (Wildman–Crippen MR) is 92.9 cm³/mol. The Kier molecular flexibility index (Phi) is 5.32. The fourth-order valence-corrected chi connectivity index (χ4v) is 3.56. The number of amides is 2. The number of tetrazole rings is 1. The van der Waals surface area contributed by atoms with E-state index in [4.69, 9.17) is 0 Å². The van der Waals surface area contributed by atoms with E-state index in [9.17, 15) is 9.59 Å². The number of nitrogens with one attached hydrogen (secondary N) is 1. The van der Waals surface area contributed by atoms with Crippen LogP contribution in [0.2, 0.25) is 0 Å². The van der Waals surface area contributed by atoms with Gasteiger partial charge < -0.3 is 10.2 Å². The lowest BCUT2D eigenvalue weighted by molar-refractivity contribution is -0.125. The molecule has 0 unspecified atom stereocenters. The Morgan fingerprint density at radius 1 is 1.40 bits per heavy atom. The molecule has 0 aliphatic carbocycles. The molecule has 9 heteroatoms. The number of rotatable bonds is 7. The van der Waals surface area contributed by atoms with E-state index in [1.807, 2.05) is 31.2 Å². The van der Waals surface area contributed by atoms with Crippen molar-refractivity contribution in [2.75, 3.05) is 12.3 Å². The maximum Gasteiger partial charge on any atom is 0.255 e. The Bertz CT molecular complexity index is 777. The molecule has 8 nitrogen and oxygen atoms in total. The second-order valence-corrected chi connectivity index (χ2v) is 6.80. The van der Waals surface area contributed by atoms with Crippen molar-refractivity contribution in [2.45, 2.75) is 31.1 Å². The molecule has 1 aromatic carbocycles. The van der Waals surface area contributed by atoms with Crippen molar-refractivity contribution in [1.29, 1.82) is 0 Å². The summed E-state index contributed by atoms with van der Waals surface area (Å²) in [5.74, 6) is 0.461. The van der Waals surface area contributed by atoms with Crippen LogP contribution < -0.4 is 5.32 Å². The van der Waals surface area contributed by atoms with Gasteiger partial charge in [-0.25, -0.2) is 4.68 Å². The molecule has 0 saturated carbocycles. The zero-order valence-corrected chi connectivity index (χ0v) is 15.0. The second kappa shape index (κ2) is 7.64. The van der Waals surface area contributed by atoms with Crippen LogP contribution in [0, 0.1) is 0 Å². The van der Waals surface area contributed by atoms with Crippen LogP contribution in [0.5, 0.6) is 0 Å². The van der Waals surface area contributed by atoms with Gasteiger partial charge in [0.1, 0.15) is 6.04 Å². The lowest BCUT2D eigenvalue weighted by atomic mass is 10.1. The van der Waals surface area contributed by atoms with Crippen molar-refractivity contribution in [3.8, 4) is 0 Å². The van der Waals surface area contributed by atoms with Gasteiger partial charge in [-0.1, -0.05) is 36.9 Å². The van der Waals surface area contributed by atoms with Crippen molar-refractivity contribution in [2.24, 2.45) is 7.05 Å². The van der Waals surface area contributed by atoms with E-state index in [1.165, 1.54) is 11.8 Å². The molecule has 0 saturated heterocycles. The van der Waals surface area contributed by atoms with E-state index in [1.54, 1.807) is 16.6 Å². The minimum atomic E-state index is -0.457. The van der Waals surface area contributed by atoms with Gasteiger partial charge >= 0.3 is 0 Å². The van der Waals surface area contributed by atoms with Crippen molar-refractivity contribution >= 4 is 23.6 Å². The summed E-state index contributed by atoms with van der Waals surface area (Å²) in [5.41, 5.74) is 1.67. The highest BCUT2D eigenvalue weighted by atomic mass is 32.2. The third-order valence-electron chi connectivity index (χ3n) is 4.13.